The Labute approximate surface area is 101 Å². The van der Waals surface area contributed by atoms with E-state index in [4.69, 9.17) is 0 Å². The van der Waals surface area contributed by atoms with Crippen molar-refractivity contribution in [1.82, 2.24) is 10.3 Å². The molecule has 3 nitrogen and oxygen atoms in total. The fourth-order valence-electron chi connectivity index (χ4n) is 1.77. The minimum atomic E-state index is -0.362. The Morgan fingerprint density at radius 3 is 2.88 bits per heavy atom. The number of aliphatic hydroxyl groups excluding tert-OH is 1. The summed E-state index contributed by atoms with van der Waals surface area (Å²) < 4.78 is 0. The maximum Gasteiger partial charge on any atom is 0.107 e. The Hall–Kier alpha value is -0.450. The Morgan fingerprint density at radius 1 is 1.50 bits per heavy atom. The lowest BCUT2D eigenvalue weighted by Crippen LogP contribution is -2.47. The normalized spacial score (nSPS) is 17.5. The zero-order valence-electron chi connectivity index (χ0n) is 10.2. The highest BCUT2D eigenvalue weighted by molar-refractivity contribution is 7.11. The van der Waals surface area contributed by atoms with E-state index >= 15 is 0 Å². The van der Waals surface area contributed by atoms with Crippen LogP contribution in [0.5, 0.6) is 0 Å². The van der Waals surface area contributed by atoms with Crippen LogP contribution in [-0.4, -0.2) is 21.7 Å². The Balaban J connectivity index is 1.95. The van der Waals surface area contributed by atoms with E-state index in [0.29, 0.717) is 0 Å². The zero-order chi connectivity index (χ0) is 11.8. The molecule has 1 unspecified atom stereocenters. The van der Waals surface area contributed by atoms with E-state index in [2.05, 4.69) is 10.3 Å². The van der Waals surface area contributed by atoms with Gasteiger partial charge in [0.1, 0.15) is 5.01 Å². The van der Waals surface area contributed by atoms with Crippen molar-refractivity contribution in [3.05, 3.63) is 15.6 Å². The van der Waals surface area contributed by atoms with Crippen molar-refractivity contribution in [2.75, 3.05) is 0 Å². The first-order valence-corrected chi connectivity index (χ1v) is 6.71. The minimum absolute atomic E-state index is 0.254. The summed E-state index contributed by atoms with van der Waals surface area (Å²) in [5.41, 5.74) is 1.05. The van der Waals surface area contributed by atoms with Gasteiger partial charge in [0.2, 0.25) is 0 Å². The second-order valence-corrected chi connectivity index (χ2v) is 6.25. The van der Waals surface area contributed by atoms with E-state index in [0.717, 1.165) is 18.0 Å². The minimum Gasteiger partial charge on any atom is -0.392 e. The Kier molecular flexibility index (Phi) is 3.33. The number of hydrogen-bond acceptors (Lipinski definition) is 4. The van der Waals surface area contributed by atoms with E-state index in [9.17, 15) is 5.11 Å². The molecule has 1 aliphatic rings. The number of rotatable bonds is 4. The van der Waals surface area contributed by atoms with E-state index in [-0.39, 0.29) is 11.6 Å². The molecule has 0 aromatic carbocycles. The number of nitrogens with zero attached hydrogens (tertiary/aromatic N) is 1. The molecule has 0 fully saturated rings. The average molecular weight is 240 g/mol. The summed E-state index contributed by atoms with van der Waals surface area (Å²) in [6.45, 7) is 6.60. The summed E-state index contributed by atoms with van der Waals surface area (Å²) in [7, 11) is 0. The summed E-state index contributed by atoms with van der Waals surface area (Å²) >= 11 is 1.82. The standard InChI is InChI=1S/C12H20N2OS/c1-8(15)12(2,3)13-7-11-14-9-5-4-6-10(9)16-11/h8,13,15H,4-7H2,1-3H3. The van der Waals surface area contributed by atoms with Crippen molar-refractivity contribution in [1.29, 1.82) is 0 Å². The lowest BCUT2D eigenvalue weighted by Gasteiger charge is -2.29. The van der Waals surface area contributed by atoms with Gasteiger partial charge in [0.05, 0.1) is 11.8 Å². The largest absolute Gasteiger partial charge is 0.392 e. The number of aliphatic hydroxyl groups is 1. The predicted molar refractivity (Wildman–Crippen MR) is 66.7 cm³/mol. The van der Waals surface area contributed by atoms with Crippen molar-refractivity contribution in [2.24, 2.45) is 0 Å². The van der Waals surface area contributed by atoms with Crippen LogP contribution in [0.4, 0.5) is 0 Å². The maximum absolute atomic E-state index is 9.60. The molecule has 4 heteroatoms. The number of nitrogens with one attached hydrogen (secondary N) is 1. The molecule has 1 aromatic rings. The molecule has 1 aliphatic carbocycles. The van der Waals surface area contributed by atoms with Gasteiger partial charge in [-0.2, -0.15) is 0 Å². The van der Waals surface area contributed by atoms with Gasteiger partial charge in [0.15, 0.2) is 0 Å². The van der Waals surface area contributed by atoms with Crippen LogP contribution in [0.25, 0.3) is 0 Å². The van der Waals surface area contributed by atoms with Crippen LogP contribution in [0.1, 0.15) is 42.8 Å². The van der Waals surface area contributed by atoms with Crippen molar-refractivity contribution in [3.63, 3.8) is 0 Å². The summed E-state index contributed by atoms with van der Waals surface area (Å²) in [5.74, 6) is 0. The van der Waals surface area contributed by atoms with E-state index in [1.165, 1.54) is 23.4 Å². The zero-order valence-corrected chi connectivity index (χ0v) is 11.0. The molecule has 0 radical (unpaired) electrons. The topological polar surface area (TPSA) is 45.1 Å². The molecule has 2 rings (SSSR count). The third kappa shape index (κ3) is 2.44. The van der Waals surface area contributed by atoms with Crippen molar-refractivity contribution < 1.29 is 5.11 Å². The monoisotopic (exact) mass is 240 g/mol. The second-order valence-electron chi connectivity index (χ2n) is 5.08. The van der Waals surface area contributed by atoms with Crippen LogP contribution in [-0.2, 0) is 19.4 Å². The Bertz CT molecular complexity index is 350. The van der Waals surface area contributed by atoms with Crippen LogP contribution < -0.4 is 5.32 Å². The van der Waals surface area contributed by atoms with Gasteiger partial charge in [-0.1, -0.05) is 0 Å². The molecule has 0 aliphatic heterocycles. The van der Waals surface area contributed by atoms with Gasteiger partial charge in [-0.3, -0.25) is 0 Å². The lowest BCUT2D eigenvalue weighted by atomic mass is 9.99. The van der Waals surface area contributed by atoms with Crippen molar-refractivity contribution >= 4 is 11.3 Å². The van der Waals surface area contributed by atoms with Crippen LogP contribution in [0.2, 0.25) is 0 Å². The highest BCUT2D eigenvalue weighted by Crippen LogP contribution is 2.27. The smallest absolute Gasteiger partial charge is 0.107 e. The molecular weight excluding hydrogens is 220 g/mol. The summed E-state index contributed by atoms with van der Waals surface area (Å²) in [5, 5.41) is 14.1. The van der Waals surface area contributed by atoms with E-state index in [1.807, 2.05) is 32.1 Å². The number of fused-ring (bicyclic) bond motifs is 1. The predicted octanol–water partition coefficient (Wildman–Crippen LogP) is 1.88. The molecule has 1 atom stereocenters. The van der Waals surface area contributed by atoms with Gasteiger partial charge in [-0.05, 0) is 40.0 Å². The van der Waals surface area contributed by atoms with Gasteiger partial charge < -0.3 is 10.4 Å². The maximum atomic E-state index is 9.60. The molecular formula is C12H20N2OS. The van der Waals surface area contributed by atoms with Crippen LogP contribution >= 0.6 is 11.3 Å². The van der Waals surface area contributed by atoms with Crippen LogP contribution in [0.15, 0.2) is 0 Å². The third-order valence-corrected chi connectivity index (χ3v) is 4.54. The van der Waals surface area contributed by atoms with Gasteiger partial charge in [0, 0.05) is 17.0 Å². The number of thiazole rings is 1. The fraction of sp³-hybridized carbons (Fsp3) is 0.750. The molecule has 0 bridgehead atoms. The van der Waals surface area contributed by atoms with Crippen LogP contribution in [0, 0.1) is 0 Å². The highest BCUT2D eigenvalue weighted by atomic mass is 32.1. The summed E-state index contributed by atoms with van der Waals surface area (Å²) in [4.78, 5) is 6.09. The van der Waals surface area contributed by atoms with Crippen LogP contribution in [0.3, 0.4) is 0 Å². The highest BCUT2D eigenvalue weighted by Gasteiger charge is 2.24. The SMILES string of the molecule is CC(O)C(C)(C)NCc1nc2c(s1)CCC2. The van der Waals surface area contributed by atoms with Gasteiger partial charge in [0.25, 0.3) is 0 Å². The first-order chi connectivity index (χ1) is 7.49. The molecule has 90 valence electrons. The van der Waals surface area contributed by atoms with Crippen molar-refractivity contribution in [3.8, 4) is 0 Å². The fourth-order valence-corrected chi connectivity index (χ4v) is 2.87. The molecule has 1 aromatic heterocycles. The van der Waals surface area contributed by atoms with Gasteiger partial charge >= 0.3 is 0 Å². The average Bonchev–Trinajstić information content (AvgIpc) is 2.73. The number of aromatic nitrogens is 1. The first kappa shape index (κ1) is 12.0. The molecule has 0 amide bonds. The molecule has 0 spiro atoms. The van der Waals surface area contributed by atoms with Gasteiger partial charge in [-0.25, -0.2) is 4.98 Å². The second kappa shape index (κ2) is 4.43. The molecule has 16 heavy (non-hydrogen) atoms. The van der Waals surface area contributed by atoms with E-state index < -0.39 is 0 Å². The molecule has 0 saturated heterocycles. The summed E-state index contributed by atoms with van der Waals surface area (Å²) in [6, 6.07) is 0. The first-order valence-electron chi connectivity index (χ1n) is 5.89. The van der Waals surface area contributed by atoms with Crippen molar-refractivity contribution in [2.45, 2.75) is 58.2 Å². The molecule has 1 heterocycles. The number of aryl methyl sites for hydroxylation is 2. The molecule has 2 N–H and O–H groups in total. The molecule has 0 saturated carbocycles. The number of hydrogen-bond donors (Lipinski definition) is 2. The van der Waals surface area contributed by atoms with Gasteiger partial charge in [-0.15, -0.1) is 11.3 Å². The third-order valence-electron chi connectivity index (χ3n) is 3.38. The Morgan fingerprint density at radius 2 is 2.25 bits per heavy atom. The summed E-state index contributed by atoms with van der Waals surface area (Å²) in [6.07, 6.45) is 3.25. The lowest BCUT2D eigenvalue weighted by molar-refractivity contribution is 0.0956. The quantitative estimate of drug-likeness (QED) is 0.844. The van der Waals surface area contributed by atoms with E-state index in [1.54, 1.807) is 0 Å².